The summed E-state index contributed by atoms with van der Waals surface area (Å²) in [5.74, 6) is 0. The molecule has 0 saturated heterocycles. The third-order valence-corrected chi connectivity index (χ3v) is 4.61. The van der Waals surface area contributed by atoms with Gasteiger partial charge >= 0.3 is 0 Å². The van der Waals surface area contributed by atoms with Crippen molar-refractivity contribution in [1.29, 1.82) is 0 Å². The minimum absolute atomic E-state index is 0.0772. The van der Waals surface area contributed by atoms with Gasteiger partial charge in [-0.3, -0.25) is 0 Å². The van der Waals surface area contributed by atoms with Crippen molar-refractivity contribution in [3.8, 4) is 0 Å². The monoisotopic (exact) mass is 293 g/mol. The van der Waals surface area contributed by atoms with Crippen molar-refractivity contribution < 1.29 is 4.55 Å². The van der Waals surface area contributed by atoms with E-state index in [1.807, 2.05) is 32.2 Å². The molecule has 0 aromatic carbocycles. The first-order valence-corrected chi connectivity index (χ1v) is 7.05. The Balaban J connectivity index is 2.79. The van der Waals surface area contributed by atoms with Crippen LogP contribution in [0.5, 0.6) is 0 Å². The summed E-state index contributed by atoms with van der Waals surface area (Å²) < 4.78 is 16.6. The fourth-order valence-corrected chi connectivity index (χ4v) is 2.80. The lowest BCUT2D eigenvalue weighted by molar-refractivity contribution is 0.588. The fraction of sp³-hybridized carbons (Fsp3) is 0.444. The van der Waals surface area contributed by atoms with Gasteiger partial charge in [0.15, 0.2) is 0 Å². The second-order valence-electron chi connectivity index (χ2n) is 3.13. The van der Waals surface area contributed by atoms with Gasteiger partial charge in [-0.2, -0.15) is 0 Å². The van der Waals surface area contributed by atoms with Crippen molar-refractivity contribution >= 4 is 44.3 Å². The lowest BCUT2D eigenvalue weighted by Crippen LogP contribution is -2.12. The van der Waals surface area contributed by atoms with E-state index in [-0.39, 0.29) is 5.25 Å². The highest BCUT2D eigenvalue weighted by molar-refractivity contribution is 9.10. The largest absolute Gasteiger partial charge is 0.591 e. The van der Waals surface area contributed by atoms with Crippen LogP contribution in [0.3, 0.4) is 0 Å². The summed E-state index contributed by atoms with van der Waals surface area (Å²) in [6.07, 6.45) is 0. The molecule has 0 radical (unpaired) electrons. The van der Waals surface area contributed by atoms with Crippen LogP contribution in [0.2, 0.25) is 0 Å². The molecule has 0 aliphatic rings. The Bertz CT molecular complexity index is 335. The van der Waals surface area contributed by atoms with Crippen molar-refractivity contribution in [1.82, 2.24) is 0 Å². The molecule has 14 heavy (non-hydrogen) atoms. The summed E-state index contributed by atoms with van der Waals surface area (Å²) in [5.41, 5.74) is 0.840. The summed E-state index contributed by atoms with van der Waals surface area (Å²) in [4.78, 5) is 1.06. The smallest absolute Gasteiger partial charge is 0.137 e. The number of nitrogens with zero attached hydrogens (tertiary/aromatic N) is 1. The Labute approximate surface area is 99.9 Å². The summed E-state index contributed by atoms with van der Waals surface area (Å²) in [6, 6.07) is 1.99. The summed E-state index contributed by atoms with van der Waals surface area (Å²) in [7, 11) is 0. The van der Waals surface area contributed by atoms with Gasteiger partial charge in [0.1, 0.15) is 11.0 Å². The maximum atomic E-state index is 11.4. The molecular formula is C9H12BrNOS2. The standard InChI is InChI=1S/C9H12BrNOS2/c1-6(2)14(12)11-7(3)9-4-8(10)5-13-9/h4-6H,1-3H3/b11-7+/t14-/m1/s1. The number of halogens is 1. The van der Waals surface area contributed by atoms with E-state index >= 15 is 0 Å². The summed E-state index contributed by atoms with van der Waals surface area (Å²) in [6.45, 7) is 5.69. The van der Waals surface area contributed by atoms with Gasteiger partial charge in [-0.1, -0.05) is 4.40 Å². The van der Waals surface area contributed by atoms with Gasteiger partial charge in [0.25, 0.3) is 0 Å². The average molecular weight is 294 g/mol. The maximum absolute atomic E-state index is 11.4. The van der Waals surface area contributed by atoms with E-state index in [1.165, 1.54) is 0 Å². The van der Waals surface area contributed by atoms with Gasteiger partial charge in [0, 0.05) is 9.85 Å². The Morgan fingerprint density at radius 3 is 2.71 bits per heavy atom. The third kappa shape index (κ3) is 3.38. The quantitative estimate of drug-likeness (QED) is 0.621. The Morgan fingerprint density at radius 2 is 2.29 bits per heavy atom. The number of hydrogen-bond donors (Lipinski definition) is 0. The molecule has 0 spiro atoms. The van der Waals surface area contributed by atoms with Crippen LogP contribution in [0, 0.1) is 0 Å². The van der Waals surface area contributed by atoms with Crippen LogP contribution in [0.15, 0.2) is 20.3 Å². The molecule has 1 aromatic rings. The molecule has 0 fully saturated rings. The number of thiophene rings is 1. The zero-order chi connectivity index (χ0) is 10.7. The van der Waals surface area contributed by atoms with Crippen molar-refractivity contribution in [2.45, 2.75) is 26.0 Å². The van der Waals surface area contributed by atoms with E-state index in [2.05, 4.69) is 20.3 Å². The van der Waals surface area contributed by atoms with Gasteiger partial charge in [0.05, 0.1) is 16.2 Å². The predicted molar refractivity (Wildman–Crippen MR) is 67.5 cm³/mol. The van der Waals surface area contributed by atoms with E-state index in [9.17, 15) is 4.55 Å². The summed E-state index contributed by atoms with van der Waals surface area (Å²) >= 11 is 3.86. The van der Waals surface area contributed by atoms with E-state index < -0.39 is 11.4 Å². The highest BCUT2D eigenvalue weighted by Crippen LogP contribution is 2.21. The van der Waals surface area contributed by atoms with Crippen molar-refractivity contribution in [3.63, 3.8) is 0 Å². The molecule has 0 aliphatic carbocycles. The van der Waals surface area contributed by atoms with Crippen LogP contribution in [0.4, 0.5) is 0 Å². The van der Waals surface area contributed by atoms with Crippen LogP contribution in [-0.2, 0) is 11.4 Å². The molecule has 78 valence electrons. The minimum atomic E-state index is -1.11. The first-order chi connectivity index (χ1) is 6.50. The molecule has 1 rings (SSSR count). The molecule has 1 atom stereocenters. The van der Waals surface area contributed by atoms with Crippen LogP contribution in [0.25, 0.3) is 0 Å². The van der Waals surface area contributed by atoms with E-state index in [4.69, 9.17) is 0 Å². The molecule has 0 amide bonds. The molecule has 5 heteroatoms. The van der Waals surface area contributed by atoms with Gasteiger partial charge in [-0.05, 0) is 42.8 Å². The second-order valence-corrected chi connectivity index (χ2v) is 6.64. The Kier molecular flexibility index (Phi) is 4.63. The molecule has 0 N–H and O–H groups in total. The molecule has 0 aliphatic heterocycles. The van der Waals surface area contributed by atoms with Crippen LogP contribution < -0.4 is 0 Å². The number of hydrogen-bond acceptors (Lipinski definition) is 3. The van der Waals surface area contributed by atoms with Crippen molar-refractivity contribution in [2.75, 3.05) is 0 Å². The molecular weight excluding hydrogens is 282 g/mol. The van der Waals surface area contributed by atoms with Crippen LogP contribution >= 0.6 is 27.3 Å². The fourth-order valence-electron chi connectivity index (χ4n) is 0.788. The maximum Gasteiger partial charge on any atom is 0.137 e. The normalized spacial score (nSPS) is 14.9. The van der Waals surface area contributed by atoms with Crippen LogP contribution in [0.1, 0.15) is 25.6 Å². The van der Waals surface area contributed by atoms with Crippen molar-refractivity contribution in [2.24, 2.45) is 4.40 Å². The van der Waals surface area contributed by atoms with Gasteiger partial charge in [0.2, 0.25) is 0 Å². The molecule has 0 unspecified atom stereocenters. The van der Waals surface area contributed by atoms with E-state index in [0.717, 1.165) is 15.1 Å². The minimum Gasteiger partial charge on any atom is -0.591 e. The Hall–Kier alpha value is 0.160. The second kappa shape index (κ2) is 5.30. The Morgan fingerprint density at radius 1 is 1.64 bits per heavy atom. The third-order valence-electron chi connectivity index (χ3n) is 1.55. The molecule has 0 bridgehead atoms. The first-order valence-electron chi connectivity index (χ1n) is 4.21. The lowest BCUT2D eigenvalue weighted by atomic mass is 10.3. The number of rotatable bonds is 3. The zero-order valence-corrected chi connectivity index (χ0v) is 11.5. The summed E-state index contributed by atoms with van der Waals surface area (Å²) in [5, 5.41) is 2.07. The first kappa shape index (κ1) is 12.2. The van der Waals surface area contributed by atoms with Gasteiger partial charge in [-0.25, -0.2) is 0 Å². The SMILES string of the molecule is C/C(=N\[S@+]([O-])C(C)C)c1cc(Br)cs1. The lowest BCUT2D eigenvalue weighted by Gasteiger charge is -2.07. The molecule has 1 aromatic heterocycles. The average Bonchev–Trinajstić information content (AvgIpc) is 2.51. The highest BCUT2D eigenvalue weighted by atomic mass is 79.9. The molecule has 0 saturated carbocycles. The van der Waals surface area contributed by atoms with Crippen molar-refractivity contribution in [3.05, 3.63) is 20.8 Å². The highest BCUT2D eigenvalue weighted by Gasteiger charge is 2.12. The van der Waals surface area contributed by atoms with Crippen LogP contribution in [-0.4, -0.2) is 15.5 Å². The molecule has 2 nitrogen and oxygen atoms in total. The van der Waals surface area contributed by atoms with Gasteiger partial charge < -0.3 is 4.55 Å². The van der Waals surface area contributed by atoms with Gasteiger partial charge in [-0.15, -0.1) is 11.3 Å². The predicted octanol–water partition coefficient (Wildman–Crippen LogP) is 3.39. The molecule has 1 heterocycles. The topological polar surface area (TPSA) is 35.4 Å². The van der Waals surface area contributed by atoms with E-state index in [1.54, 1.807) is 11.3 Å². The zero-order valence-electron chi connectivity index (χ0n) is 8.28. The van der Waals surface area contributed by atoms with E-state index in [0.29, 0.717) is 0 Å².